The minimum Gasteiger partial charge on any atom is 0 e. The predicted molar refractivity (Wildman–Crippen MR) is 751 cm³/mol. The first-order valence-electron chi connectivity index (χ1n) is 16.8. The topological polar surface area (TPSA) is 0 Å². The van der Waals surface area contributed by atoms with Gasteiger partial charge in [0.15, 0.2) is 0 Å². The molecule has 0 saturated heterocycles. The molecule has 0 spiro atoms. The highest BCUT2D eigenvalue weighted by atomic mass is 33.6. The van der Waals surface area contributed by atoms with E-state index in [4.69, 9.17) is 22.4 Å². The Balaban J connectivity index is 6.18. The highest BCUT2D eigenvalue weighted by molar-refractivity contribution is 8.87. The van der Waals surface area contributed by atoms with Crippen molar-refractivity contribution in [2.75, 3.05) is 0 Å². The van der Waals surface area contributed by atoms with Crippen LogP contribution >= 0.6 is 0 Å². The third-order valence-electron chi connectivity index (χ3n) is 2.75. The fourth-order valence-electron chi connectivity index (χ4n) is 1.11. The molecular weight excluding hydrogens is 3270 g/mol. The van der Waals surface area contributed by atoms with Crippen molar-refractivity contribution in [2.45, 2.75) is 0 Å². The van der Waals surface area contributed by atoms with Crippen molar-refractivity contribution in [1.82, 2.24) is 0 Å². The van der Waals surface area contributed by atoms with Gasteiger partial charge in [-0.1, -0.05) is 0 Å². The minimum absolute atomic E-state index is 1.37. The van der Waals surface area contributed by atoms with Crippen LogP contribution in [0.4, 0.5) is 0 Å². The van der Waals surface area contributed by atoms with Crippen molar-refractivity contribution in [2.24, 2.45) is 0 Å². The lowest BCUT2D eigenvalue weighted by Crippen LogP contribution is -1.41. The lowest BCUT2D eigenvalue weighted by Gasteiger charge is -1.41. The second-order valence-corrected chi connectivity index (χ2v) is 184. The maximum Gasteiger partial charge on any atom is 0 e. The van der Waals surface area contributed by atoms with Gasteiger partial charge in [0.1, 0.15) is 0 Å². The zero-order chi connectivity index (χ0) is 72.7. The molecule has 0 unspecified atom stereocenters. The lowest BCUT2D eigenvalue weighted by molar-refractivity contribution is 5.95. The van der Waals surface area contributed by atoms with E-state index in [9.17, 15) is 0 Å². The Morgan fingerprint density at radius 2 is 0.0784 bits per heavy atom. The van der Waals surface area contributed by atoms with Gasteiger partial charge in [-0.3, -0.25) is 0 Å². The van der Waals surface area contributed by atoms with E-state index in [-0.39, 0.29) is 0 Å². The zero-order valence-electron chi connectivity index (χ0n) is 41.6. The number of rotatable bonds is 0. The van der Waals surface area contributed by atoms with Crippen LogP contribution in [-0.2, 0) is 910 Å². The first-order valence-corrected chi connectivity index (χ1v) is 151. The molecule has 612 valence electrons. The molecule has 0 aromatic rings. The van der Waals surface area contributed by atoms with Crippen molar-refractivity contribution in [3.8, 4) is 0 Å². The molecule has 0 nitrogen and oxygen atoms in total. The van der Waals surface area contributed by atoms with E-state index in [1.807, 2.05) is 764 Å². The van der Waals surface area contributed by atoms with Gasteiger partial charge >= 0.3 is 0 Å². The number of hydrogen-bond acceptors (Lipinski definition) is 2. The van der Waals surface area contributed by atoms with E-state index in [0.717, 1.165) is 0 Å². The molecule has 0 radical (unpaired) electrons. The molecule has 0 fully saturated rings. The van der Waals surface area contributed by atoms with Crippen LogP contribution in [0.25, 0.3) is 0 Å². The predicted octanol–water partition coefficient (Wildman–Crippen LogP) is -0.245. The molecule has 0 aromatic heterocycles. The van der Waals surface area contributed by atoms with E-state index >= 15 is 0 Å². The average Bonchev–Trinajstić information content (AvgIpc) is 3.74. The second kappa shape index (κ2) is 123. The Morgan fingerprint density at radius 3 is 0.108 bits per heavy atom. The van der Waals surface area contributed by atoms with Crippen molar-refractivity contribution >= 4 is 910 Å². The second-order valence-electron chi connectivity index (χ2n) is 6.80. The molecule has 0 rings (SSSR count). The summed E-state index contributed by atoms with van der Waals surface area (Å²) in [5.41, 5.74) is 0. The minimum atomic E-state index is 1.37. The average molecular weight is 3270 g/mol. The summed E-state index contributed by atoms with van der Waals surface area (Å²) in [4.78, 5) is 0. The summed E-state index contributed by atoms with van der Waals surface area (Å²) in [5, 5.41) is 0. The third kappa shape index (κ3) is 122. The molecule has 0 N–H and O–H groups in total. The molecule has 0 heterocycles. The highest BCUT2D eigenvalue weighted by Gasteiger charge is 1.51. The summed E-state index contributed by atoms with van der Waals surface area (Å²) in [6.07, 6.45) is 0. The third-order valence-corrected chi connectivity index (χ3v) is 223. The van der Waals surface area contributed by atoms with Crippen molar-refractivity contribution in [3.63, 3.8) is 0 Å². The van der Waals surface area contributed by atoms with E-state index in [1.165, 1.54) is 17.8 Å². The van der Waals surface area contributed by atoms with Crippen molar-refractivity contribution < 1.29 is 0 Å². The summed E-state index contributed by atoms with van der Waals surface area (Å²) in [5.74, 6) is 0. The van der Waals surface area contributed by atoms with Gasteiger partial charge in [-0.2, -0.15) is 0 Å². The van der Waals surface area contributed by atoms with Gasteiger partial charge in [0.2, 0.25) is 0 Å². The standard InChI is InChI=1S/S102/c1-3-5-7-9-11-13-15-17-19-21-23-25-27-29-31-33-35-37-39-41-43-45-47-49-51-53-55-57-59-61-63-65-67-69-71-73-75-77-79-81-83-85-87-89-91-93-95-97-99-101-102-100-98-96-94-92-90-88-86-84-82-80-78-76-74-72-70-68-66-64-62-60-58-56-54-52-50-48-46-44-42-40-38-36-34-32-30-28-26-24-22-20-18-16-14-12-10-8-6-4-2. The van der Waals surface area contributed by atoms with Crippen LogP contribution in [-0.4, -0.2) is 0 Å². The molecule has 0 atom stereocenters. The molecule has 0 bridgehead atoms. The van der Waals surface area contributed by atoms with Gasteiger partial charge < -0.3 is 0 Å². The first kappa shape index (κ1) is 124. The molecule has 0 aliphatic heterocycles. The largest absolute Gasteiger partial charge is 0 e. The lowest BCUT2D eigenvalue weighted by atomic mass is 30.7. The van der Waals surface area contributed by atoms with Gasteiger partial charge in [-0.25, -0.2) is 0 Å². The monoisotopic (exact) mass is 3260 g/mol. The van der Waals surface area contributed by atoms with Crippen LogP contribution in [0.5, 0.6) is 0 Å². The van der Waals surface area contributed by atoms with Gasteiger partial charge in [0, 0.05) is 910 Å². The summed E-state index contributed by atoms with van der Waals surface area (Å²) in [6, 6.07) is 0. The van der Waals surface area contributed by atoms with E-state index in [0.29, 0.717) is 0 Å². The molecule has 0 aliphatic carbocycles. The highest BCUT2D eigenvalue weighted by Crippen LogP contribution is 1.51. The molecular formula is S102. The van der Waals surface area contributed by atoms with Gasteiger partial charge in [-0.05, 0) is 0 Å². The fraction of sp³-hybridized carbons (Fsp3) is 0. The Bertz CT molecular complexity index is 7680. The molecule has 0 saturated carbocycles. The Labute approximate surface area is 881 Å². The zero-order valence-corrected chi connectivity index (χ0v) is 125. The van der Waals surface area contributed by atoms with Crippen LogP contribution in [0, 0.1) is 0 Å². The van der Waals surface area contributed by atoms with Gasteiger partial charge in [0.05, 0.1) is 0 Å². The van der Waals surface area contributed by atoms with Crippen LogP contribution in [0.3, 0.4) is 0 Å². The van der Waals surface area contributed by atoms with Gasteiger partial charge in [0.25, 0.3) is 0 Å². The maximum absolute atomic E-state index is 4.83. The molecule has 102 heteroatoms. The molecule has 0 amide bonds. The summed E-state index contributed by atoms with van der Waals surface area (Å²) in [6.45, 7) is 0. The Kier molecular flexibility index (Phi) is 151. The summed E-state index contributed by atoms with van der Waals surface area (Å²) in [7, 11) is 181. The quantitative estimate of drug-likeness (QED) is 0.329. The Morgan fingerprint density at radius 1 is 0.0490 bits per heavy atom. The maximum atomic E-state index is 4.83. The van der Waals surface area contributed by atoms with Crippen LogP contribution in [0.15, 0.2) is 0 Å². The normalized spacial score (nSPS) is 7.88. The SMILES string of the molecule is S=S=S=S=S=S=S=S=S=S=S=S=S=S=S=S=S=S=S=S=S=S=S=S=S=S=S=S=S=S=S=S=S=S=S=S=S=S=S=S=S=S=S=S=S=S=S=S=S=S=S=S=S=S=S=S=S=S=S=S=S=S=S=S=S=S=S=S=S=S=S=S=S=S=S=S=S=S=S=S=S=S=S=S=S=S=S=S=S=S=S=S=S=S=S=S=S=S=S=S=S=S. The van der Waals surface area contributed by atoms with E-state index in [1.54, 1.807) is 107 Å². The Hall–Kier alpha value is 22.4. The molecule has 102 heavy (non-hydrogen) atoms. The first-order chi connectivity index (χ1) is 50.9. The molecule has 0 aromatic carbocycles. The summed E-state index contributed by atoms with van der Waals surface area (Å²) < 4.78 is 0. The summed E-state index contributed by atoms with van der Waals surface area (Å²) >= 11 is 9.66. The molecule has 0 aliphatic rings. The van der Waals surface area contributed by atoms with Crippen molar-refractivity contribution in [3.05, 3.63) is 0 Å². The van der Waals surface area contributed by atoms with Crippen LogP contribution < -0.4 is 0 Å². The fourth-order valence-corrected chi connectivity index (χ4v) is 270. The van der Waals surface area contributed by atoms with Crippen LogP contribution in [0.1, 0.15) is 0 Å². The van der Waals surface area contributed by atoms with Gasteiger partial charge in [-0.15, -0.1) is 0 Å². The number of hydrogen-bond donors (Lipinski definition) is 0. The van der Waals surface area contributed by atoms with E-state index < -0.39 is 0 Å². The van der Waals surface area contributed by atoms with Crippen molar-refractivity contribution in [1.29, 1.82) is 0 Å². The van der Waals surface area contributed by atoms with E-state index in [2.05, 4.69) is 0 Å². The van der Waals surface area contributed by atoms with Crippen LogP contribution in [0.2, 0.25) is 0 Å². The smallest absolute Gasteiger partial charge is 0 e.